The smallest absolute Gasteiger partial charge is 0.306 e. The van der Waals surface area contributed by atoms with E-state index in [4.69, 9.17) is 4.74 Å². The topological polar surface area (TPSA) is 59.5 Å². The molecule has 1 aliphatic heterocycles. The molecule has 1 aliphatic rings. The van der Waals surface area contributed by atoms with Crippen LogP contribution >= 0.6 is 11.3 Å². The summed E-state index contributed by atoms with van der Waals surface area (Å²) < 4.78 is 6.39. The zero-order valence-electron chi connectivity index (χ0n) is 15.8. The number of aryl methyl sites for hydroxylation is 1. The maximum Gasteiger partial charge on any atom is 0.306 e. The van der Waals surface area contributed by atoms with Gasteiger partial charge in [-0.15, -0.1) is 11.3 Å². The first-order valence-corrected chi connectivity index (χ1v) is 10.3. The first-order valence-electron chi connectivity index (χ1n) is 9.52. The summed E-state index contributed by atoms with van der Waals surface area (Å²) in [5, 5.41) is 1.02. The fraction of sp³-hybridized carbons (Fsp3) is 0.318. The Labute approximate surface area is 168 Å². The number of hydrogen-bond donors (Lipinski definition) is 0. The van der Waals surface area contributed by atoms with Crippen molar-refractivity contribution < 1.29 is 14.3 Å². The van der Waals surface area contributed by atoms with E-state index < -0.39 is 0 Å². The van der Waals surface area contributed by atoms with Gasteiger partial charge < -0.3 is 9.64 Å². The summed E-state index contributed by atoms with van der Waals surface area (Å²) in [7, 11) is 0. The molecule has 1 amide bonds. The second-order valence-corrected chi connectivity index (χ2v) is 8.15. The van der Waals surface area contributed by atoms with E-state index in [0.29, 0.717) is 6.42 Å². The molecule has 28 heavy (non-hydrogen) atoms. The van der Waals surface area contributed by atoms with E-state index in [9.17, 15) is 9.59 Å². The van der Waals surface area contributed by atoms with Gasteiger partial charge in [-0.1, -0.05) is 30.3 Å². The number of thiazole rings is 1. The highest BCUT2D eigenvalue weighted by atomic mass is 32.1. The third-order valence-corrected chi connectivity index (χ3v) is 6.04. The number of esters is 1. The Balaban J connectivity index is 1.25. The van der Waals surface area contributed by atoms with Crippen LogP contribution < -0.4 is 4.90 Å². The summed E-state index contributed by atoms with van der Waals surface area (Å²) in [5.74, 6) is -0.508. The fourth-order valence-corrected chi connectivity index (χ4v) is 4.65. The van der Waals surface area contributed by atoms with Gasteiger partial charge in [-0.05, 0) is 49.9 Å². The lowest BCUT2D eigenvalue weighted by Gasteiger charge is -2.22. The molecule has 0 fully saturated rings. The second-order valence-electron chi connectivity index (χ2n) is 7.04. The minimum absolute atomic E-state index is 0.0858. The first kappa shape index (κ1) is 18.6. The minimum Gasteiger partial charge on any atom is -0.456 e. The molecular weight excluding hydrogens is 372 g/mol. The zero-order valence-corrected chi connectivity index (χ0v) is 16.6. The average molecular weight is 394 g/mol. The maximum absolute atomic E-state index is 12.6. The first-order chi connectivity index (χ1) is 13.6. The number of hydrogen-bond acceptors (Lipinski definition) is 5. The number of ether oxygens (including phenoxy) is 1. The molecule has 0 bridgehead atoms. The molecule has 0 aliphatic carbocycles. The van der Waals surface area contributed by atoms with Gasteiger partial charge in [0.15, 0.2) is 6.61 Å². The SMILES string of the molecule is C[C@@H]1Cc2ccccc2N1C(=O)COC(=O)CCCc1nc2ccccc2s1. The van der Waals surface area contributed by atoms with Crippen molar-refractivity contribution in [2.75, 3.05) is 11.5 Å². The minimum atomic E-state index is -0.338. The van der Waals surface area contributed by atoms with E-state index in [1.165, 1.54) is 0 Å². The Bertz CT molecular complexity index is 981. The van der Waals surface area contributed by atoms with Crippen LogP contribution in [-0.4, -0.2) is 29.5 Å². The Kier molecular flexibility index (Phi) is 5.39. The van der Waals surface area contributed by atoms with Crippen molar-refractivity contribution in [2.45, 2.75) is 38.6 Å². The number of fused-ring (bicyclic) bond motifs is 2. The third-order valence-electron chi connectivity index (χ3n) is 4.94. The molecule has 144 valence electrons. The highest BCUT2D eigenvalue weighted by Crippen LogP contribution is 2.31. The normalized spacial score (nSPS) is 15.6. The number of rotatable bonds is 6. The van der Waals surface area contributed by atoms with Crippen molar-refractivity contribution in [1.82, 2.24) is 4.98 Å². The van der Waals surface area contributed by atoms with Crippen molar-refractivity contribution in [3.8, 4) is 0 Å². The van der Waals surface area contributed by atoms with E-state index in [0.717, 1.165) is 39.3 Å². The van der Waals surface area contributed by atoms with Crippen molar-refractivity contribution >= 4 is 39.1 Å². The number of para-hydroxylation sites is 2. The molecule has 5 nitrogen and oxygen atoms in total. The van der Waals surface area contributed by atoms with Crippen LogP contribution in [0.3, 0.4) is 0 Å². The van der Waals surface area contributed by atoms with Gasteiger partial charge in [0.25, 0.3) is 5.91 Å². The van der Waals surface area contributed by atoms with Crippen LogP contribution in [0, 0.1) is 0 Å². The highest BCUT2D eigenvalue weighted by molar-refractivity contribution is 7.18. The Morgan fingerprint density at radius 1 is 1.18 bits per heavy atom. The van der Waals surface area contributed by atoms with Crippen LogP contribution in [0.25, 0.3) is 10.2 Å². The Morgan fingerprint density at radius 3 is 2.82 bits per heavy atom. The van der Waals surface area contributed by atoms with Gasteiger partial charge in [0.2, 0.25) is 0 Å². The van der Waals surface area contributed by atoms with Gasteiger partial charge in [0.1, 0.15) is 0 Å². The Morgan fingerprint density at radius 2 is 1.96 bits per heavy atom. The molecule has 6 heteroatoms. The van der Waals surface area contributed by atoms with Crippen LogP contribution in [0.4, 0.5) is 5.69 Å². The molecule has 0 radical (unpaired) electrons. The molecule has 1 aromatic heterocycles. The van der Waals surface area contributed by atoms with Gasteiger partial charge in [-0.25, -0.2) is 4.98 Å². The molecule has 2 heterocycles. The van der Waals surface area contributed by atoms with Crippen LogP contribution in [0.1, 0.15) is 30.3 Å². The van der Waals surface area contributed by atoms with E-state index in [-0.39, 0.29) is 30.9 Å². The Hall–Kier alpha value is -2.73. The summed E-state index contributed by atoms with van der Waals surface area (Å²) in [5.41, 5.74) is 3.08. The van der Waals surface area contributed by atoms with Gasteiger partial charge >= 0.3 is 5.97 Å². The lowest BCUT2D eigenvalue weighted by molar-refractivity contribution is -0.148. The predicted molar refractivity (Wildman–Crippen MR) is 111 cm³/mol. The van der Waals surface area contributed by atoms with E-state index in [1.807, 2.05) is 55.5 Å². The maximum atomic E-state index is 12.6. The largest absolute Gasteiger partial charge is 0.456 e. The summed E-state index contributed by atoms with van der Waals surface area (Å²) in [6.07, 6.45) is 2.52. The molecule has 0 unspecified atom stereocenters. The van der Waals surface area contributed by atoms with Crippen molar-refractivity contribution in [3.63, 3.8) is 0 Å². The average Bonchev–Trinajstić information content (AvgIpc) is 3.25. The summed E-state index contributed by atoms with van der Waals surface area (Å²) in [6, 6.07) is 16.0. The number of carbonyl (C=O) groups excluding carboxylic acids is 2. The predicted octanol–water partition coefficient (Wildman–Crippen LogP) is 4.14. The molecule has 4 rings (SSSR count). The number of amides is 1. The quantitative estimate of drug-likeness (QED) is 0.590. The molecule has 0 N–H and O–H groups in total. The molecule has 0 saturated carbocycles. The van der Waals surface area contributed by atoms with Crippen molar-refractivity contribution in [1.29, 1.82) is 0 Å². The van der Waals surface area contributed by atoms with Crippen LogP contribution in [0.5, 0.6) is 0 Å². The molecule has 0 saturated heterocycles. The summed E-state index contributed by atoms with van der Waals surface area (Å²) in [4.78, 5) is 30.9. The van der Waals surface area contributed by atoms with Crippen molar-refractivity contribution in [3.05, 3.63) is 59.1 Å². The number of nitrogens with zero attached hydrogens (tertiary/aromatic N) is 2. The summed E-state index contributed by atoms with van der Waals surface area (Å²) >= 11 is 1.65. The van der Waals surface area contributed by atoms with Crippen LogP contribution in [0.15, 0.2) is 48.5 Å². The second kappa shape index (κ2) is 8.10. The van der Waals surface area contributed by atoms with E-state index >= 15 is 0 Å². The molecule has 2 aromatic carbocycles. The molecule has 1 atom stereocenters. The summed E-state index contributed by atoms with van der Waals surface area (Å²) in [6.45, 7) is 1.80. The number of anilines is 1. The lowest BCUT2D eigenvalue weighted by Crippen LogP contribution is -2.38. The zero-order chi connectivity index (χ0) is 19.5. The number of benzene rings is 2. The molecule has 0 spiro atoms. The lowest BCUT2D eigenvalue weighted by atomic mass is 10.1. The number of carbonyl (C=O) groups is 2. The van der Waals surface area contributed by atoms with Gasteiger partial charge in [0, 0.05) is 18.2 Å². The van der Waals surface area contributed by atoms with Gasteiger partial charge in [0.05, 0.1) is 15.2 Å². The number of aromatic nitrogens is 1. The molecular formula is C22H22N2O3S. The monoisotopic (exact) mass is 394 g/mol. The van der Waals surface area contributed by atoms with E-state index in [2.05, 4.69) is 4.98 Å². The highest BCUT2D eigenvalue weighted by Gasteiger charge is 2.30. The van der Waals surface area contributed by atoms with Gasteiger partial charge in [-0.3, -0.25) is 9.59 Å². The fourth-order valence-electron chi connectivity index (χ4n) is 3.64. The van der Waals surface area contributed by atoms with Crippen molar-refractivity contribution in [2.24, 2.45) is 0 Å². The van der Waals surface area contributed by atoms with Gasteiger partial charge in [-0.2, -0.15) is 0 Å². The van der Waals surface area contributed by atoms with E-state index in [1.54, 1.807) is 16.2 Å². The van der Waals surface area contributed by atoms with Crippen LogP contribution in [0.2, 0.25) is 0 Å². The molecule has 3 aromatic rings. The standard InChI is InChI=1S/C22H22N2O3S/c1-15-13-16-7-2-4-9-18(16)24(15)21(25)14-27-22(26)12-6-11-20-23-17-8-3-5-10-19(17)28-20/h2-5,7-10,15H,6,11-14H2,1H3/t15-/m1/s1. The third kappa shape index (κ3) is 3.92. The van der Waals surface area contributed by atoms with Crippen LogP contribution in [-0.2, 0) is 27.2 Å².